The van der Waals surface area contributed by atoms with E-state index in [0.717, 1.165) is 5.56 Å². The van der Waals surface area contributed by atoms with Crippen molar-refractivity contribution >= 4 is 0 Å². The van der Waals surface area contributed by atoms with Crippen LogP contribution in [0.5, 0.6) is 0 Å². The van der Waals surface area contributed by atoms with Crippen molar-refractivity contribution in [1.82, 2.24) is 9.78 Å². The third kappa shape index (κ3) is 3.32. The molecule has 3 heteroatoms. The summed E-state index contributed by atoms with van der Waals surface area (Å²) in [5, 5.41) is 3.95. The molecule has 1 aromatic heterocycles. The second-order valence-electron chi connectivity index (χ2n) is 3.96. The van der Waals surface area contributed by atoms with Gasteiger partial charge in [-0.25, -0.2) is 4.68 Å². The average molecular weight is 196 g/mol. The van der Waals surface area contributed by atoms with E-state index in [1.807, 2.05) is 13.8 Å². The Hall–Kier alpha value is -1.12. The summed E-state index contributed by atoms with van der Waals surface area (Å²) in [5.74, 6) is 0. The Morgan fingerprint density at radius 2 is 1.79 bits per heavy atom. The first kappa shape index (κ1) is 12.9. The number of nitrogens with zero attached hydrogens (tertiary/aromatic N) is 2. The van der Waals surface area contributed by atoms with Crippen LogP contribution in [0.15, 0.2) is 17.1 Å². The second-order valence-corrected chi connectivity index (χ2v) is 3.96. The highest BCUT2D eigenvalue weighted by molar-refractivity contribution is 5.16. The van der Waals surface area contributed by atoms with Crippen LogP contribution in [-0.2, 0) is 12.5 Å². The molecule has 0 amide bonds. The maximum atomic E-state index is 11.2. The number of hydrogen-bond donors (Lipinski definition) is 0. The molecule has 0 atom stereocenters. The van der Waals surface area contributed by atoms with Crippen LogP contribution in [0.3, 0.4) is 0 Å². The van der Waals surface area contributed by atoms with Gasteiger partial charge in [-0.15, -0.1) is 0 Å². The van der Waals surface area contributed by atoms with Crippen LogP contribution in [0.25, 0.3) is 0 Å². The van der Waals surface area contributed by atoms with Gasteiger partial charge in [0.2, 0.25) is 0 Å². The Labute approximate surface area is 85.8 Å². The van der Waals surface area contributed by atoms with Gasteiger partial charge in [0.25, 0.3) is 5.56 Å². The monoisotopic (exact) mass is 196 g/mol. The van der Waals surface area contributed by atoms with Crippen LogP contribution in [0.2, 0.25) is 0 Å². The standard InChI is InChI=1S/C9H14N2O.C2H6/c1-9(2,3)7-5-8(12)11(4)10-6-7;1-2/h5-6H,1-4H3;1-2H3. The molecular formula is C11H20N2O. The van der Waals surface area contributed by atoms with Crippen molar-refractivity contribution in [3.63, 3.8) is 0 Å². The summed E-state index contributed by atoms with van der Waals surface area (Å²) in [6, 6.07) is 1.63. The quantitative estimate of drug-likeness (QED) is 0.637. The van der Waals surface area contributed by atoms with Crippen LogP contribution in [0.1, 0.15) is 40.2 Å². The van der Waals surface area contributed by atoms with E-state index in [1.165, 1.54) is 4.68 Å². The molecule has 1 rings (SSSR count). The van der Waals surface area contributed by atoms with E-state index in [2.05, 4.69) is 25.9 Å². The van der Waals surface area contributed by atoms with E-state index >= 15 is 0 Å². The first-order chi connectivity index (χ1) is 6.41. The van der Waals surface area contributed by atoms with Crippen molar-refractivity contribution in [3.05, 3.63) is 28.2 Å². The van der Waals surface area contributed by atoms with Crippen LogP contribution >= 0.6 is 0 Å². The normalized spacial score (nSPS) is 10.4. The fourth-order valence-corrected chi connectivity index (χ4v) is 0.880. The fraction of sp³-hybridized carbons (Fsp3) is 0.636. The zero-order valence-corrected chi connectivity index (χ0v) is 9.96. The lowest BCUT2D eigenvalue weighted by molar-refractivity contribution is 0.572. The summed E-state index contributed by atoms with van der Waals surface area (Å²) < 4.78 is 1.33. The molecule has 0 aromatic carbocycles. The Kier molecular flexibility index (Phi) is 4.54. The van der Waals surface area contributed by atoms with Crippen molar-refractivity contribution in [2.24, 2.45) is 7.05 Å². The first-order valence-corrected chi connectivity index (χ1v) is 4.95. The van der Waals surface area contributed by atoms with Gasteiger partial charge in [-0.2, -0.15) is 5.10 Å². The highest BCUT2D eigenvalue weighted by Crippen LogP contribution is 2.18. The Bertz CT molecular complexity index is 334. The van der Waals surface area contributed by atoms with E-state index in [-0.39, 0.29) is 11.0 Å². The Morgan fingerprint density at radius 3 is 2.14 bits per heavy atom. The molecule has 0 saturated heterocycles. The molecule has 0 aliphatic carbocycles. The molecule has 0 fully saturated rings. The zero-order chi connectivity index (χ0) is 11.4. The third-order valence-corrected chi connectivity index (χ3v) is 1.83. The lowest BCUT2D eigenvalue weighted by Gasteiger charge is -2.17. The summed E-state index contributed by atoms with van der Waals surface area (Å²) >= 11 is 0. The molecule has 80 valence electrons. The molecule has 1 heterocycles. The van der Waals surface area contributed by atoms with E-state index in [4.69, 9.17) is 0 Å². The molecule has 0 radical (unpaired) electrons. The van der Waals surface area contributed by atoms with Crippen LogP contribution < -0.4 is 5.56 Å². The largest absolute Gasteiger partial charge is 0.268 e. The fourth-order valence-electron chi connectivity index (χ4n) is 0.880. The Balaban J connectivity index is 0.000000791. The molecule has 0 aliphatic rings. The van der Waals surface area contributed by atoms with Crippen molar-refractivity contribution in [3.8, 4) is 0 Å². The minimum absolute atomic E-state index is 0.000417. The molecule has 3 nitrogen and oxygen atoms in total. The first-order valence-electron chi connectivity index (χ1n) is 4.95. The van der Waals surface area contributed by atoms with Crippen molar-refractivity contribution in [2.75, 3.05) is 0 Å². The van der Waals surface area contributed by atoms with Crippen molar-refractivity contribution in [1.29, 1.82) is 0 Å². The summed E-state index contributed by atoms with van der Waals surface area (Å²) in [4.78, 5) is 11.2. The van der Waals surface area contributed by atoms with Gasteiger partial charge in [0.15, 0.2) is 0 Å². The molecule has 0 saturated carbocycles. The summed E-state index contributed by atoms with van der Waals surface area (Å²) in [7, 11) is 1.65. The topological polar surface area (TPSA) is 34.9 Å². The van der Waals surface area contributed by atoms with E-state index in [1.54, 1.807) is 19.3 Å². The minimum Gasteiger partial charge on any atom is -0.268 e. The van der Waals surface area contributed by atoms with Gasteiger partial charge in [0, 0.05) is 13.1 Å². The minimum atomic E-state index is -0.0533. The van der Waals surface area contributed by atoms with Gasteiger partial charge >= 0.3 is 0 Å². The van der Waals surface area contributed by atoms with E-state index < -0.39 is 0 Å². The van der Waals surface area contributed by atoms with E-state index in [0.29, 0.717) is 0 Å². The van der Waals surface area contributed by atoms with Gasteiger partial charge in [-0.3, -0.25) is 4.79 Å². The molecule has 14 heavy (non-hydrogen) atoms. The molecule has 0 bridgehead atoms. The van der Waals surface area contributed by atoms with Gasteiger partial charge < -0.3 is 0 Å². The predicted molar refractivity (Wildman–Crippen MR) is 59.5 cm³/mol. The van der Waals surface area contributed by atoms with Crippen molar-refractivity contribution < 1.29 is 0 Å². The average Bonchev–Trinajstić information content (AvgIpc) is 2.11. The predicted octanol–water partition coefficient (Wildman–Crippen LogP) is 2.10. The smallest absolute Gasteiger partial charge is 0.266 e. The second kappa shape index (κ2) is 4.94. The number of aryl methyl sites for hydroxylation is 1. The number of aromatic nitrogens is 2. The highest BCUT2D eigenvalue weighted by atomic mass is 16.1. The van der Waals surface area contributed by atoms with Crippen LogP contribution in [0.4, 0.5) is 0 Å². The van der Waals surface area contributed by atoms with Crippen LogP contribution in [-0.4, -0.2) is 9.78 Å². The van der Waals surface area contributed by atoms with Crippen LogP contribution in [0, 0.1) is 0 Å². The maximum absolute atomic E-state index is 11.2. The third-order valence-electron chi connectivity index (χ3n) is 1.83. The van der Waals surface area contributed by atoms with E-state index in [9.17, 15) is 4.79 Å². The molecule has 0 aliphatic heterocycles. The lowest BCUT2D eigenvalue weighted by atomic mass is 9.89. The number of rotatable bonds is 0. The molecule has 0 spiro atoms. The van der Waals surface area contributed by atoms with Crippen molar-refractivity contribution in [2.45, 2.75) is 40.0 Å². The summed E-state index contributed by atoms with van der Waals surface area (Å²) in [6.07, 6.45) is 1.74. The Morgan fingerprint density at radius 1 is 1.29 bits per heavy atom. The highest BCUT2D eigenvalue weighted by Gasteiger charge is 2.14. The SMILES string of the molecule is CC.Cn1ncc(C(C)(C)C)cc1=O. The molecule has 0 N–H and O–H groups in total. The van der Waals surface area contributed by atoms with Gasteiger partial charge in [-0.05, 0) is 11.0 Å². The summed E-state index contributed by atoms with van der Waals surface area (Å²) in [6.45, 7) is 10.2. The number of hydrogen-bond acceptors (Lipinski definition) is 2. The molecule has 1 aromatic rings. The molecule has 0 unspecified atom stereocenters. The molecular weight excluding hydrogens is 176 g/mol. The lowest BCUT2D eigenvalue weighted by Crippen LogP contribution is -2.23. The van der Waals surface area contributed by atoms with Gasteiger partial charge in [-0.1, -0.05) is 34.6 Å². The zero-order valence-electron chi connectivity index (χ0n) is 9.96. The van der Waals surface area contributed by atoms with Gasteiger partial charge in [0.05, 0.1) is 6.20 Å². The maximum Gasteiger partial charge on any atom is 0.266 e. The van der Waals surface area contributed by atoms with Gasteiger partial charge in [0.1, 0.15) is 0 Å². The summed E-state index contributed by atoms with van der Waals surface area (Å²) in [5.41, 5.74) is 0.925.